The summed E-state index contributed by atoms with van der Waals surface area (Å²) >= 11 is 1.33. The highest BCUT2D eigenvalue weighted by molar-refractivity contribution is 7.17. The molecule has 1 N–H and O–H groups in total. The summed E-state index contributed by atoms with van der Waals surface area (Å²) in [5.74, 6) is 0.493. The maximum absolute atomic E-state index is 12.2. The zero-order valence-electron chi connectivity index (χ0n) is 12.5. The monoisotopic (exact) mass is 329 g/mol. The van der Waals surface area contributed by atoms with Gasteiger partial charge in [-0.3, -0.25) is 14.2 Å². The van der Waals surface area contributed by atoms with Crippen LogP contribution in [0.2, 0.25) is 0 Å². The molecule has 0 atom stereocenters. The molecule has 0 fully saturated rings. The van der Waals surface area contributed by atoms with Crippen molar-refractivity contribution in [2.24, 2.45) is 0 Å². The predicted molar refractivity (Wildman–Crippen MR) is 88.7 cm³/mol. The van der Waals surface area contributed by atoms with Gasteiger partial charge in [-0.2, -0.15) is 0 Å². The fraction of sp³-hybridized carbons (Fsp3) is 0.188. The summed E-state index contributed by atoms with van der Waals surface area (Å²) in [5, 5.41) is 4.60. The fourth-order valence-electron chi connectivity index (χ4n) is 2.19. The first-order chi connectivity index (χ1) is 11.2. The topological polar surface area (TPSA) is 73.2 Å². The molecule has 1 aromatic carbocycles. The van der Waals surface area contributed by atoms with E-state index in [-0.39, 0.29) is 18.0 Å². The molecule has 3 aromatic rings. The third-order valence-electron chi connectivity index (χ3n) is 3.37. The first kappa shape index (κ1) is 15.2. The molecule has 2 aromatic heterocycles. The Labute approximate surface area is 136 Å². The quantitative estimate of drug-likeness (QED) is 0.774. The van der Waals surface area contributed by atoms with Crippen LogP contribution in [0.5, 0.6) is 5.75 Å². The van der Waals surface area contributed by atoms with Gasteiger partial charge in [0.05, 0.1) is 19.0 Å². The Balaban J connectivity index is 1.66. The van der Waals surface area contributed by atoms with Crippen LogP contribution in [0.4, 0.5) is 0 Å². The molecular weight excluding hydrogens is 314 g/mol. The van der Waals surface area contributed by atoms with Crippen molar-refractivity contribution in [3.8, 4) is 5.75 Å². The van der Waals surface area contributed by atoms with Gasteiger partial charge in [0.25, 0.3) is 5.56 Å². The fourth-order valence-corrected chi connectivity index (χ4v) is 2.98. The first-order valence-corrected chi connectivity index (χ1v) is 7.87. The maximum atomic E-state index is 12.2. The van der Waals surface area contributed by atoms with Crippen molar-refractivity contribution in [1.29, 1.82) is 0 Å². The lowest BCUT2D eigenvalue weighted by Gasteiger charge is -2.08. The maximum Gasteiger partial charge on any atom is 0.271 e. The molecule has 0 saturated carbocycles. The third kappa shape index (κ3) is 3.40. The van der Waals surface area contributed by atoms with E-state index in [9.17, 15) is 9.59 Å². The molecule has 0 aliphatic rings. The summed E-state index contributed by atoms with van der Waals surface area (Å²) in [6.45, 7) is 0.323. The zero-order valence-corrected chi connectivity index (χ0v) is 13.3. The lowest BCUT2D eigenvalue weighted by Crippen LogP contribution is -2.31. The molecule has 2 heterocycles. The average Bonchev–Trinajstić information content (AvgIpc) is 3.05. The molecule has 3 rings (SSSR count). The van der Waals surface area contributed by atoms with Crippen LogP contribution in [0.15, 0.2) is 46.8 Å². The van der Waals surface area contributed by atoms with Gasteiger partial charge in [-0.05, 0) is 29.1 Å². The molecule has 0 unspecified atom stereocenters. The number of benzene rings is 1. The van der Waals surface area contributed by atoms with E-state index < -0.39 is 0 Å². The van der Waals surface area contributed by atoms with Gasteiger partial charge in [-0.25, -0.2) is 4.98 Å². The summed E-state index contributed by atoms with van der Waals surface area (Å²) in [5.41, 5.74) is 1.39. The van der Waals surface area contributed by atoms with Gasteiger partial charge >= 0.3 is 0 Å². The molecule has 0 saturated heterocycles. The van der Waals surface area contributed by atoms with Crippen molar-refractivity contribution in [2.45, 2.75) is 13.1 Å². The number of methoxy groups -OCH3 is 1. The van der Waals surface area contributed by atoms with Gasteiger partial charge in [-0.15, -0.1) is 11.3 Å². The Morgan fingerprint density at radius 2 is 2.26 bits per heavy atom. The van der Waals surface area contributed by atoms with E-state index in [0.29, 0.717) is 16.8 Å². The SMILES string of the molecule is COc1cccc(CNC(=O)Cn2cnc3ccsc3c2=O)c1. The number of carbonyl (C=O) groups excluding carboxylic acids is 1. The van der Waals surface area contributed by atoms with Gasteiger partial charge in [0, 0.05) is 6.54 Å². The number of carbonyl (C=O) groups is 1. The minimum absolute atomic E-state index is 0.0519. The van der Waals surface area contributed by atoms with Crippen molar-refractivity contribution in [1.82, 2.24) is 14.9 Å². The predicted octanol–water partition coefficient (Wildman–Crippen LogP) is 1.78. The third-order valence-corrected chi connectivity index (χ3v) is 4.27. The van der Waals surface area contributed by atoms with Gasteiger partial charge < -0.3 is 10.1 Å². The van der Waals surface area contributed by atoms with E-state index >= 15 is 0 Å². The molecule has 23 heavy (non-hydrogen) atoms. The molecule has 0 bridgehead atoms. The number of thiophene rings is 1. The van der Waals surface area contributed by atoms with Crippen molar-refractivity contribution < 1.29 is 9.53 Å². The Morgan fingerprint density at radius 3 is 3.09 bits per heavy atom. The van der Waals surface area contributed by atoms with E-state index in [1.807, 2.05) is 29.6 Å². The Kier molecular flexibility index (Phi) is 4.38. The minimum atomic E-state index is -0.243. The molecule has 0 aliphatic carbocycles. The minimum Gasteiger partial charge on any atom is -0.497 e. The molecule has 0 spiro atoms. The van der Waals surface area contributed by atoms with Crippen LogP contribution >= 0.6 is 11.3 Å². The van der Waals surface area contributed by atoms with Crippen LogP contribution in [-0.4, -0.2) is 22.6 Å². The summed E-state index contributed by atoms with van der Waals surface area (Å²) in [7, 11) is 1.60. The van der Waals surface area contributed by atoms with Crippen molar-refractivity contribution >= 4 is 27.5 Å². The van der Waals surface area contributed by atoms with E-state index in [4.69, 9.17) is 4.74 Å². The van der Waals surface area contributed by atoms with Crippen molar-refractivity contribution in [3.63, 3.8) is 0 Å². The van der Waals surface area contributed by atoms with Gasteiger partial charge in [0.1, 0.15) is 17.0 Å². The number of hydrogen-bond acceptors (Lipinski definition) is 5. The highest BCUT2D eigenvalue weighted by Crippen LogP contribution is 2.13. The van der Waals surface area contributed by atoms with Crippen LogP contribution in [0.25, 0.3) is 10.2 Å². The molecule has 1 amide bonds. The normalized spacial score (nSPS) is 10.7. The first-order valence-electron chi connectivity index (χ1n) is 6.99. The number of nitrogens with zero attached hydrogens (tertiary/aromatic N) is 2. The van der Waals surface area contributed by atoms with Crippen LogP contribution in [0, 0.1) is 0 Å². The number of nitrogens with one attached hydrogen (secondary N) is 1. The summed E-state index contributed by atoms with van der Waals surface area (Å²) in [4.78, 5) is 28.4. The molecule has 0 aliphatic heterocycles. The number of amides is 1. The van der Waals surface area contributed by atoms with E-state index in [1.165, 1.54) is 22.2 Å². The van der Waals surface area contributed by atoms with Gasteiger partial charge in [0.15, 0.2) is 0 Å². The Morgan fingerprint density at radius 1 is 1.39 bits per heavy atom. The smallest absolute Gasteiger partial charge is 0.271 e. The number of ether oxygens (including phenoxy) is 1. The van der Waals surface area contributed by atoms with E-state index in [0.717, 1.165) is 11.3 Å². The number of hydrogen-bond donors (Lipinski definition) is 1. The Hall–Kier alpha value is -2.67. The lowest BCUT2D eigenvalue weighted by molar-refractivity contribution is -0.121. The lowest BCUT2D eigenvalue weighted by atomic mass is 10.2. The van der Waals surface area contributed by atoms with Gasteiger partial charge in [0.2, 0.25) is 5.91 Å². The zero-order chi connectivity index (χ0) is 16.2. The highest BCUT2D eigenvalue weighted by Gasteiger charge is 2.09. The second-order valence-electron chi connectivity index (χ2n) is 4.94. The number of aromatic nitrogens is 2. The standard InChI is InChI=1S/C16H15N3O3S/c1-22-12-4-2-3-11(7-12)8-17-14(20)9-19-10-18-13-5-6-23-15(13)16(19)21/h2-7,10H,8-9H2,1H3,(H,17,20). The summed E-state index contributed by atoms with van der Waals surface area (Å²) in [6, 6.07) is 9.24. The van der Waals surface area contributed by atoms with Crippen LogP contribution in [0.3, 0.4) is 0 Å². The van der Waals surface area contributed by atoms with Crippen molar-refractivity contribution in [3.05, 3.63) is 58.0 Å². The average molecular weight is 329 g/mol. The van der Waals surface area contributed by atoms with Crippen LogP contribution in [0.1, 0.15) is 5.56 Å². The number of fused-ring (bicyclic) bond motifs is 1. The second kappa shape index (κ2) is 6.62. The molecule has 118 valence electrons. The highest BCUT2D eigenvalue weighted by atomic mass is 32.1. The summed E-state index contributed by atoms with van der Waals surface area (Å²) < 4.78 is 7.02. The van der Waals surface area contributed by atoms with Crippen LogP contribution < -0.4 is 15.6 Å². The Bertz CT molecular complexity index is 901. The van der Waals surface area contributed by atoms with E-state index in [1.54, 1.807) is 13.2 Å². The van der Waals surface area contributed by atoms with Crippen molar-refractivity contribution in [2.75, 3.05) is 7.11 Å². The summed E-state index contributed by atoms with van der Waals surface area (Å²) in [6.07, 6.45) is 1.41. The molecule has 6 nitrogen and oxygen atoms in total. The van der Waals surface area contributed by atoms with Crippen LogP contribution in [-0.2, 0) is 17.9 Å². The van der Waals surface area contributed by atoms with E-state index in [2.05, 4.69) is 10.3 Å². The second-order valence-corrected chi connectivity index (χ2v) is 5.86. The van der Waals surface area contributed by atoms with Gasteiger partial charge in [-0.1, -0.05) is 12.1 Å². The number of rotatable bonds is 5. The largest absolute Gasteiger partial charge is 0.497 e. The molecule has 7 heteroatoms. The molecule has 0 radical (unpaired) electrons. The molecular formula is C16H15N3O3S.